The number of amides is 1. The molecule has 0 bridgehead atoms. The van der Waals surface area contributed by atoms with Crippen LogP contribution in [0.4, 0.5) is 10.1 Å². The van der Waals surface area contributed by atoms with Crippen LogP contribution in [-0.2, 0) is 9.53 Å². The van der Waals surface area contributed by atoms with Crippen LogP contribution in [0.25, 0.3) is 10.9 Å². The smallest absolute Gasteiger partial charge is 0.248 e. The molecule has 1 saturated heterocycles. The van der Waals surface area contributed by atoms with Crippen molar-refractivity contribution in [3.8, 4) is 6.07 Å². The molecule has 2 heterocycles. The molecule has 2 aromatic rings. The third kappa shape index (κ3) is 3.26. The Morgan fingerprint density at radius 2 is 2.08 bits per heavy atom. The third-order valence-corrected chi connectivity index (χ3v) is 4.44. The Morgan fingerprint density at radius 3 is 2.72 bits per heavy atom. The summed E-state index contributed by atoms with van der Waals surface area (Å²) in [4.78, 5) is 20.0. The molecule has 130 valence electrons. The van der Waals surface area contributed by atoms with Crippen molar-refractivity contribution in [3.05, 3.63) is 35.3 Å². The number of carbonyl (C=O) groups is 1. The molecule has 7 heteroatoms. The Hall–Kier alpha value is -2.72. The van der Waals surface area contributed by atoms with Gasteiger partial charge >= 0.3 is 0 Å². The number of hydrogen-bond acceptors (Lipinski definition) is 5. The fraction of sp³-hybridized carbons (Fsp3) is 0.389. The number of carbonyl (C=O) groups excluding carboxylic acids is 1. The van der Waals surface area contributed by atoms with Crippen molar-refractivity contribution in [2.75, 3.05) is 44.8 Å². The summed E-state index contributed by atoms with van der Waals surface area (Å²) in [5, 5.41) is 10.1. The normalized spacial score (nSPS) is 14.6. The standard InChI is InChI=1S/C18H19FN4O2/c1-12-7-14(19)8-15-17(12)21-10-13(9-20)18(15)23-5-3-22(4-6-23)16(24)11-25-2/h7-8,10H,3-6,11H2,1-2H3. The third-order valence-electron chi connectivity index (χ3n) is 4.44. The SMILES string of the molecule is COCC(=O)N1CCN(c2c(C#N)cnc3c(C)cc(F)cc23)CC1. The van der Waals surface area contributed by atoms with E-state index in [0.29, 0.717) is 48.3 Å². The summed E-state index contributed by atoms with van der Waals surface area (Å²) in [5.41, 5.74) is 2.52. The number of rotatable bonds is 3. The highest BCUT2D eigenvalue weighted by Gasteiger charge is 2.24. The maximum absolute atomic E-state index is 13.9. The molecule has 0 saturated carbocycles. The maximum Gasteiger partial charge on any atom is 0.248 e. The summed E-state index contributed by atoms with van der Waals surface area (Å²) < 4.78 is 18.8. The molecule has 1 aliphatic rings. The summed E-state index contributed by atoms with van der Waals surface area (Å²) in [6.45, 7) is 4.07. The van der Waals surface area contributed by atoms with Crippen LogP contribution < -0.4 is 4.90 Å². The number of nitriles is 1. The number of aryl methyl sites for hydroxylation is 1. The Bertz CT molecular complexity index is 854. The minimum absolute atomic E-state index is 0.0517. The van der Waals surface area contributed by atoms with Crippen LogP contribution in [0, 0.1) is 24.1 Å². The van der Waals surface area contributed by atoms with E-state index in [1.807, 2.05) is 4.90 Å². The van der Waals surface area contributed by atoms with E-state index in [1.165, 1.54) is 25.4 Å². The molecule has 0 N–H and O–H groups in total. The number of hydrogen-bond donors (Lipinski definition) is 0. The van der Waals surface area contributed by atoms with Gasteiger partial charge < -0.3 is 14.5 Å². The molecule has 0 atom stereocenters. The molecule has 1 fully saturated rings. The molecule has 0 spiro atoms. The molecule has 0 radical (unpaired) electrons. The van der Waals surface area contributed by atoms with Gasteiger partial charge in [-0.2, -0.15) is 5.26 Å². The van der Waals surface area contributed by atoms with E-state index in [4.69, 9.17) is 4.74 Å². The summed E-state index contributed by atoms with van der Waals surface area (Å²) in [5.74, 6) is -0.402. The topological polar surface area (TPSA) is 69.5 Å². The molecule has 0 unspecified atom stereocenters. The molecule has 1 aliphatic heterocycles. The van der Waals surface area contributed by atoms with Crippen molar-refractivity contribution in [2.45, 2.75) is 6.92 Å². The first kappa shape index (κ1) is 17.1. The number of fused-ring (bicyclic) bond motifs is 1. The number of methoxy groups -OCH3 is 1. The first-order valence-electron chi connectivity index (χ1n) is 8.05. The van der Waals surface area contributed by atoms with Crippen LogP contribution in [0.1, 0.15) is 11.1 Å². The van der Waals surface area contributed by atoms with Gasteiger partial charge in [-0.1, -0.05) is 0 Å². The van der Waals surface area contributed by atoms with Gasteiger partial charge in [-0.3, -0.25) is 9.78 Å². The second kappa shape index (κ2) is 7.03. The van der Waals surface area contributed by atoms with E-state index in [1.54, 1.807) is 11.8 Å². The van der Waals surface area contributed by atoms with E-state index in [0.717, 1.165) is 5.56 Å². The van der Waals surface area contributed by atoms with Crippen molar-refractivity contribution < 1.29 is 13.9 Å². The molecular weight excluding hydrogens is 323 g/mol. The van der Waals surface area contributed by atoms with Crippen LogP contribution >= 0.6 is 0 Å². The molecule has 25 heavy (non-hydrogen) atoms. The maximum atomic E-state index is 13.9. The summed E-state index contributed by atoms with van der Waals surface area (Å²) in [6, 6.07) is 5.01. The van der Waals surface area contributed by atoms with Crippen molar-refractivity contribution in [2.24, 2.45) is 0 Å². The van der Waals surface area contributed by atoms with Crippen LogP contribution in [0.5, 0.6) is 0 Å². The molecule has 0 aliphatic carbocycles. The number of ether oxygens (including phenoxy) is 1. The number of nitrogens with zero attached hydrogens (tertiary/aromatic N) is 4. The summed E-state index contributed by atoms with van der Waals surface area (Å²) >= 11 is 0. The molecule has 1 aromatic carbocycles. The number of anilines is 1. The van der Waals surface area contributed by atoms with Crippen molar-refractivity contribution in [1.29, 1.82) is 5.26 Å². The lowest BCUT2D eigenvalue weighted by atomic mass is 10.0. The zero-order valence-electron chi connectivity index (χ0n) is 14.3. The lowest BCUT2D eigenvalue weighted by Gasteiger charge is -2.36. The van der Waals surface area contributed by atoms with E-state index in [9.17, 15) is 14.4 Å². The van der Waals surface area contributed by atoms with Crippen LogP contribution in [0.15, 0.2) is 18.3 Å². The van der Waals surface area contributed by atoms with Gasteiger partial charge in [0.25, 0.3) is 0 Å². The fourth-order valence-corrected chi connectivity index (χ4v) is 3.24. The van der Waals surface area contributed by atoms with Gasteiger partial charge in [-0.05, 0) is 24.6 Å². The number of piperazine rings is 1. The quantitative estimate of drug-likeness (QED) is 0.851. The van der Waals surface area contributed by atoms with Gasteiger partial charge in [0.15, 0.2) is 0 Å². The van der Waals surface area contributed by atoms with Gasteiger partial charge in [0.2, 0.25) is 5.91 Å². The van der Waals surface area contributed by atoms with Gasteiger partial charge in [0.05, 0.1) is 16.8 Å². The van der Waals surface area contributed by atoms with E-state index >= 15 is 0 Å². The highest BCUT2D eigenvalue weighted by molar-refractivity contribution is 5.96. The monoisotopic (exact) mass is 342 g/mol. The minimum atomic E-state index is -0.350. The van der Waals surface area contributed by atoms with Gasteiger partial charge in [0, 0.05) is 44.9 Å². The average Bonchev–Trinajstić information content (AvgIpc) is 2.61. The van der Waals surface area contributed by atoms with Crippen molar-refractivity contribution in [1.82, 2.24) is 9.88 Å². The number of benzene rings is 1. The van der Waals surface area contributed by atoms with Crippen molar-refractivity contribution >= 4 is 22.5 Å². The second-order valence-electron chi connectivity index (χ2n) is 6.05. The number of aromatic nitrogens is 1. The van der Waals surface area contributed by atoms with E-state index in [2.05, 4.69) is 11.1 Å². The summed E-state index contributed by atoms with van der Waals surface area (Å²) in [7, 11) is 1.49. The first-order valence-corrected chi connectivity index (χ1v) is 8.05. The highest BCUT2D eigenvalue weighted by Crippen LogP contribution is 2.32. The van der Waals surface area contributed by atoms with E-state index < -0.39 is 0 Å². The van der Waals surface area contributed by atoms with Crippen LogP contribution in [0.2, 0.25) is 0 Å². The average molecular weight is 342 g/mol. The fourth-order valence-electron chi connectivity index (χ4n) is 3.24. The molecule has 3 rings (SSSR count). The van der Waals surface area contributed by atoms with Gasteiger partial charge in [-0.15, -0.1) is 0 Å². The van der Waals surface area contributed by atoms with E-state index in [-0.39, 0.29) is 18.3 Å². The Morgan fingerprint density at radius 1 is 1.36 bits per heavy atom. The zero-order valence-corrected chi connectivity index (χ0v) is 14.3. The van der Waals surface area contributed by atoms with Crippen LogP contribution in [0.3, 0.4) is 0 Å². The molecule has 1 amide bonds. The predicted octanol–water partition coefficient (Wildman–Crippen LogP) is 1.85. The summed E-state index contributed by atoms with van der Waals surface area (Å²) in [6.07, 6.45) is 1.53. The largest absolute Gasteiger partial charge is 0.375 e. The predicted molar refractivity (Wildman–Crippen MR) is 91.8 cm³/mol. The zero-order chi connectivity index (χ0) is 18.0. The molecule has 6 nitrogen and oxygen atoms in total. The Balaban J connectivity index is 1.96. The molecule has 1 aromatic heterocycles. The Kier molecular flexibility index (Phi) is 4.81. The lowest BCUT2D eigenvalue weighted by Crippen LogP contribution is -2.50. The number of pyridine rings is 1. The lowest BCUT2D eigenvalue weighted by molar-refractivity contribution is -0.135. The number of halogens is 1. The first-order chi connectivity index (χ1) is 12.0. The van der Waals surface area contributed by atoms with Crippen molar-refractivity contribution in [3.63, 3.8) is 0 Å². The second-order valence-corrected chi connectivity index (χ2v) is 6.05. The minimum Gasteiger partial charge on any atom is -0.375 e. The molecular formula is C18H19FN4O2. The van der Waals surface area contributed by atoms with Crippen LogP contribution in [-0.4, -0.2) is 55.7 Å². The Labute approximate surface area is 145 Å². The highest BCUT2D eigenvalue weighted by atomic mass is 19.1. The van der Waals surface area contributed by atoms with Gasteiger partial charge in [-0.25, -0.2) is 4.39 Å². The van der Waals surface area contributed by atoms with Gasteiger partial charge in [0.1, 0.15) is 18.5 Å².